The van der Waals surface area contributed by atoms with Crippen LogP contribution in [0.15, 0.2) is 12.1 Å². The first-order valence-electron chi connectivity index (χ1n) is 5.78. The molecule has 0 spiro atoms. The van der Waals surface area contributed by atoms with Gasteiger partial charge in [0.05, 0.1) is 19.6 Å². The van der Waals surface area contributed by atoms with Crippen LogP contribution in [-0.2, 0) is 0 Å². The van der Waals surface area contributed by atoms with Gasteiger partial charge in [0.2, 0.25) is 0 Å². The van der Waals surface area contributed by atoms with Crippen molar-refractivity contribution in [1.82, 2.24) is 0 Å². The van der Waals surface area contributed by atoms with Gasteiger partial charge in [-0.05, 0) is 11.6 Å². The molecule has 106 valence electrons. The fourth-order valence-electron chi connectivity index (χ4n) is 1.84. The molecule has 19 heavy (non-hydrogen) atoms. The number of hydrogen-bond donors (Lipinski definition) is 1. The molecular formula is C12H13ClF3NO2. The van der Waals surface area contributed by atoms with E-state index < -0.39 is 18.6 Å². The van der Waals surface area contributed by atoms with Crippen LogP contribution < -0.4 is 15.2 Å². The highest BCUT2D eigenvalue weighted by Gasteiger charge is 2.32. The standard InChI is InChI=1S/C12H13ClF3NO2/c13-8-5-11-10(18-2-1-3-19-11)4-7(8)9(17)6-12(14,15)16/h4-5,9H,1-3,6,17H2. The van der Waals surface area contributed by atoms with Crippen LogP contribution in [0.3, 0.4) is 0 Å². The van der Waals surface area contributed by atoms with Gasteiger partial charge in [-0.2, -0.15) is 13.2 Å². The van der Waals surface area contributed by atoms with Crippen LogP contribution in [0, 0.1) is 0 Å². The molecule has 0 saturated carbocycles. The van der Waals surface area contributed by atoms with Gasteiger partial charge in [0.25, 0.3) is 0 Å². The fourth-order valence-corrected chi connectivity index (χ4v) is 2.14. The molecule has 0 aliphatic carbocycles. The van der Waals surface area contributed by atoms with Crippen molar-refractivity contribution in [3.63, 3.8) is 0 Å². The minimum atomic E-state index is -4.34. The number of nitrogens with two attached hydrogens (primary N) is 1. The average Bonchev–Trinajstić information content (AvgIpc) is 2.50. The molecule has 3 nitrogen and oxygen atoms in total. The Morgan fingerprint density at radius 3 is 2.37 bits per heavy atom. The SMILES string of the molecule is NC(CC(F)(F)F)c1cc2c(cc1Cl)OCCCO2. The quantitative estimate of drug-likeness (QED) is 0.909. The summed E-state index contributed by atoms with van der Waals surface area (Å²) < 4.78 is 47.8. The lowest BCUT2D eigenvalue weighted by atomic mass is 10.0. The molecule has 0 bridgehead atoms. The van der Waals surface area contributed by atoms with Crippen LogP contribution >= 0.6 is 11.6 Å². The molecular weight excluding hydrogens is 283 g/mol. The molecule has 0 aromatic heterocycles. The zero-order valence-electron chi connectivity index (χ0n) is 9.97. The molecule has 1 atom stereocenters. The Morgan fingerprint density at radius 2 is 1.79 bits per heavy atom. The van der Waals surface area contributed by atoms with E-state index in [1.165, 1.54) is 12.1 Å². The van der Waals surface area contributed by atoms with Gasteiger partial charge < -0.3 is 15.2 Å². The van der Waals surface area contributed by atoms with Gasteiger partial charge in [0, 0.05) is 23.6 Å². The number of fused-ring (bicyclic) bond motifs is 1. The van der Waals surface area contributed by atoms with E-state index in [4.69, 9.17) is 26.8 Å². The molecule has 0 saturated heterocycles. The number of halogens is 4. The van der Waals surface area contributed by atoms with Gasteiger partial charge in [-0.25, -0.2) is 0 Å². The van der Waals surface area contributed by atoms with Crippen molar-refractivity contribution in [1.29, 1.82) is 0 Å². The smallest absolute Gasteiger partial charge is 0.390 e. The minimum Gasteiger partial charge on any atom is -0.490 e. The summed E-state index contributed by atoms with van der Waals surface area (Å²) in [7, 11) is 0. The minimum absolute atomic E-state index is 0.154. The highest BCUT2D eigenvalue weighted by Crippen LogP contribution is 2.39. The lowest BCUT2D eigenvalue weighted by molar-refractivity contribution is -0.138. The second-order valence-electron chi connectivity index (χ2n) is 4.30. The van der Waals surface area contributed by atoms with Crippen molar-refractivity contribution in [3.8, 4) is 11.5 Å². The lowest BCUT2D eigenvalue weighted by Crippen LogP contribution is -2.20. The summed E-state index contributed by atoms with van der Waals surface area (Å²) in [6, 6.07) is 1.66. The van der Waals surface area contributed by atoms with E-state index in [-0.39, 0.29) is 10.6 Å². The number of benzene rings is 1. The Morgan fingerprint density at radius 1 is 1.21 bits per heavy atom. The van der Waals surface area contributed by atoms with Crippen LogP contribution in [0.5, 0.6) is 11.5 Å². The summed E-state index contributed by atoms with van der Waals surface area (Å²) in [5.41, 5.74) is 5.76. The Hall–Kier alpha value is -1.14. The van der Waals surface area contributed by atoms with Crippen molar-refractivity contribution in [3.05, 3.63) is 22.7 Å². The summed E-state index contributed by atoms with van der Waals surface area (Å²) in [6.45, 7) is 0.930. The van der Waals surface area contributed by atoms with Gasteiger partial charge in [-0.1, -0.05) is 11.6 Å². The van der Waals surface area contributed by atoms with Gasteiger partial charge in [-0.15, -0.1) is 0 Å². The summed E-state index contributed by atoms with van der Waals surface area (Å²) in [5.74, 6) is 0.819. The van der Waals surface area contributed by atoms with E-state index in [1.54, 1.807) is 0 Å². The third-order valence-corrected chi connectivity index (χ3v) is 3.05. The Kier molecular flexibility index (Phi) is 4.10. The average molecular weight is 296 g/mol. The maximum absolute atomic E-state index is 12.3. The van der Waals surface area contributed by atoms with Crippen molar-refractivity contribution in [2.45, 2.75) is 25.1 Å². The van der Waals surface area contributed by atoms with Crippen LogP contribution in [0.4, 0.5) is 13.2 Å². The number of rotatable bonds is 2. The molecule has 1 heterocycles. The maximum Gasteiger partial charge on any atom is 0.390 e. The van der Waals surface area contributed by atoms with E-state index >= 15 is 0 Å². The van der Waals surface area contributed by atoms with Crippen LogP contribution in [-0.4, -0.2) is 19.4 Å². The topological polar surface area (TPSA) is 44.5 Å². The fraction of sp³-hybridized carbons (Fsp3) is 0.500. The van der Waals surface area contributed by atoms with Crippen LogP contribution in [0.25, 0.3) is 0 Å². The summed E-state index contributed by atoms with van der Waals surface area (Å²) in [6.07, 6.45) is -4.77. The highest BCUT2D eigenvalue weighted by atomic mass is 35.5. The Balaban J connectivity index is 2.28. The molecule has 1 unspecified atom stereocenters. The normalized spacial score (nSPS) is 16.9. The Labute approximate surface area is 113 Å². The molecule has 1 aromatic carbocycles. The second-order valence-corrected chi connectivity index (χ2v) is 4.70. The van der Waals surface area contributed by atoms with Gasteiger partial charge >= 0.3 is 6.18 Å². The van der Waals surface area contributed by atoms with Crippen LogP contribution in [0.2, 0.25) is 5.02 Å². The molecule has 2 rings (SSSR count). The predicted molar refractivity (Wildman–Crippen MR) is 64.7 cm³/mol. The molecule has 0 amide bonds. The first-order chi connectivity index (χ1) is 8.87. The lowest BCUT2D eigenvalue weighted by Gasteiger charge is -2.18. The zero-order chi connectivity index (χ0) is 14.0. The number of ether oxygens (including phenoxy) is 2. The van der Waals surface area contributed by atoms with Crippen molar-refractivity contribution in [2.75, 3.05) is 13.2 Å². The molecule has 1 aromatic rings. The van der Waals surface area contributed by atoms with E-state index in [2.05, 4.69) is 0 Å². The molecule has 0 radical (unpaired) electrons. The largest absolute Gasteiger partial charge is 0.490 e. The van der Waals surface area contributed by atoms with Crippen molar-refractivity contribution < 1.29 is 22.6 Å². The van der Waals surface area contributed by atoms with E-state index in [0.29, 0.717) is 31.1 Å². The van der Waals surface area contributed by atoms with E-state index in [1.807, 2.05) is 0 Å². The number of hydrogen-bond acceptors (Lipinski definition) is 3. The first-order valence-corrected chi connectivity index (χ1v) is 6.16. The zero-order valence-corrected chi connectivity index (χ0v) is 10.7. The maximum atomic E-state index is 12.3. The molecule has 7 heteroatoms. The predicted octanol–water partition coefficient (Wildman–Crippen LogP) is 3.45. The monoisotopic (exact) mass is 295 g/mol. The van der Waals surface area contributed by atoms with E-state index in [9.17, 15) is 13.2 Å². The highest BCUT2D eigenvalue weighted by molar-refractivity contribution is 6.31. The summed E-state index contributed by atoms with van der Waals surface area (Å²) in [5, 5.41) is 0.154. The number of alkyl halides is 3. The first kappa shape index (κ1) is 14.3. The molecule has 1 aliphatic rings. The van der Waals surface area contributed by atoms with E-state index in [0.717, 1.165) is 0 Å². The summed E-state index contributed by atoms with van der Waals surface area (Å²) >= 11 is 5.96. The van der Waals surface area contributed by atoms with Gasteiger partial charge in [-0.3, -0.25) is 0 Å². The van der Waals surface area contributed by atoms with Gasteiger partial charge in [0.15, 0.2) is 11.5 Å². The van der Waals surface area contributed by atoms with Crippen LogP contribution in [0.1, 0.15) is 24.4 Å². The third-order valence-electron chi connectivity index (χ3n) is 2.72. The van der Waals surface area contributed by atoms with Gasteiger partial charge in [0.1, 0.15) is 0 Å². The Bertz CT molecular complexity index is 465. The molecule has 1 aliphatic heterocycles. The van der Waals surface area contributed by atoms with Crippen molar-refractivity contribution in [2.24, 2.45) is 5.73 Å². The summed E-state index contributed by atoms with van der Waals surface area (Å²) in [4.78, 5) is 0. The molecule has 0 fully saturated rings. The van der Waals surface area contributed by atoms with Crippen molar-refractivity contribution >= 4 is 11.6 Å². The second kappa shape index (κ2) is 5.46. The third kappa shape index (κ3) is 3.67. The molecule has 2 N–H and O–H groups in total.